The molecule has 0 heterocycles. The quantitative estimate of drug-likeness (QED) is 0.816. The first-order chi connectivity index (χ1) is 10.2. The molecule has 0 aliphatic heterocycles. The van der Waals surface area contributed by atoms with Gasteiger partial charge in [0.2, 0.25) is 5.91 Å². The van der Waals surface area contributed by atoms with Crippen LogP contribution in [-0.2, 0) is 17.8 Å². The molecule has 21 heavy (non-hydrogen) atoms. The summed E-state index contributed by atoms with van der Waals surface area (Å²) in [6.45, 7) is 2.80. The molecule has 0 saturated heterocycles. The highest BCUT2D eigenvalue weighted by atomic mass is 16.2. The van der Waals surface area contributed by atoms with Crippen molar-refractivity contribution in [1.29, 1.82) is 0 Å². The van der Waals surface area contributed by atoms with Crippen LogP contribution in [0.25, 0.3) is 0 Å². The maximum atomic E-state index is 12.7. The number of benzene rings is 2. The largest absolute Gasteiger partial charge is 0.335 e. The highest BCUT2D eigenvalue weighted by molar-refractivity contribution is 5.79. The average Bonchev–Trinajstić information content (AvgIpc) is 3.33. The number of hydrogen-bond acceptors (Lipinski definition) is 1. The lowest BCUT2D eigenvalue weighted by Crippen LogP contribution is -2.33. The molecule has 1 saturated carbocycles. The second-order valence-electron chi connectivity index (χ2n) is 5.84. The number of aryl methyl sites for hydroxylation is 1. The van der Waals surface area contributed by atoms with Gasteiger partial charge in [0, 0.05) is 12.6 Å². The van der Waals surface area contributed by atoms with E-state index in [9.17, 15) is 4.79 Å². The van der Waals surface area contributed by atoms with Gasteiger partial charge in [-0.3, -0.25) is 4.79 Å². The first kappa shape index (κ1) is 13.9. The van der Waals surface area contributed by atoms with Crippen LogP contribution in [0.15, 0.2) is 54.6 Å². The van der Waals surface area contributed by atoms with Crippen molar-refractivity contribution in [3.63, 3.8) is 0 Å². The number of amides is 1. The van der Waals surface area contributed by atoms with E-state index >= 15 is 0 Å². The van der Waals surface area contributed by atoms with Crippen LogP contribution in [-0.4, -0.2) is 16.8 Å². The van der Waals surface area contributed by atoms with Crippen molar-refractivity contribution in [2.75, 3.05) is 0 Å². The van der Waals surface area contributed by atoms with Crippen LogP contribution >= 0.6 is 0 Å². The van der Waals surface area contributed by atoms with Crippen molar-refractivity contribution >= 4 is 5.91 Å². The molecule has 0 spiro atoms. The topological polar surface area (TPSA) is 20.3 Å². The van der Waals surface area contributed by atoms with E-state index < -0.39 is 0 Å². The summed E-state index contributed by atoms with van der Waals surface area (Å²) >= 11 is 0. The Morgan fingerprint density at radius 1 is 1.05 bits per heavy atom. The number of nitrogens with zero attached hydrogens (tertiary/aromatic N) is 1. The van der Waals surface area contributed by atoms with Crippen LogP contribution in [0, 0.1) is 6.92 Å². The van der Waals surface area contributed by atoms with Crippen molar-refractivity contribution < 1.29 is 4.79 Å². The van der Waals surface area contributed by atoms with E-state index in [0.717, 1.165) is 24.9 Å². The first-order valence-corrected chi connectivity index (χ1v) is 7.62. The summed E-state index contributed by atoms with van der Waals surface area (Å²) in [6, 6.07) is 18.9. The van der Waals surface area contributed by atoms with Gasteiger partial charge in [0.25, 0.3) is 0 Å². The van der Waals surface area contributed by atoms with E-state index in [2.05, 4.69) is 36.1 Å². The van der Waals surface area contributed by atoms with Crippen LogP contribution in [0.4, 0.5) is 0 Å². The minimum Gasteiger partial charge on any atom is -0.335 e. The standard InChI is InChI=1S/C19H21NO/c1-15-7-5-6-10-17(15)13-19(21)20(18-11-12-18)14-16-8-3-2-4-9-16/h2-10,18H,11-14H2,1H3. The van der Waals surface area contributed by atoms with Gasteiger partial charge in [0.05, 0.1) is 6.42 Å². The van der Waals surface area contributed by atoms with E-state index in [1.54, 1.807) is 0 Å². The zero-order valence-electron chi connectivity index (χ0n) is 12.5. The van der Waals surface area contributed by atoms with Gasteiger partial charge >= 0.3 is 0 Å². The summed E-state index contributed by atoms with van der Waals surface area (Å²) in [6.07, 6.45) is 2.80. The van der Waals surface area contributed by atoms with Crippen molar-refractivity contribution in [3.05, 3.63) is 71.3 Å². The Hall–Kier alpha value is -2.09. The summed E-state index contributed by atoms with van der Waals surface area (Å²) in [5.41, 5.74) is 3.55. The minimum absolute atomic E-state index is 0.246. The van der Waals surface area contributed by atoms with Gasteiger partial charge in [-0.15, -0.1) is 0 Å². The molecule has 0 N–H and O–H groups in total. The first-order valence-electron chi connectivity index (χ1n) is 7.62. The lowest BCUT2D eigenvalue weighted by Gasteiger charge is -2.23. The molecule has 0 bridgehead atoms. The van der Waals surface area contributed by atoms with Crippen LogP contribution in [0.3, 0.4) is 0 Å². The number of rotatable bonds is 5. The Balaban J connectivity index is 1.72. The third-order valence-electron chi connectivity index (χ3n) is 4.11. The second-order valence-corrected chi connectivity index (χ2v) is 5.84. The molecule has 108 valence electrons. The molecule has 1 aliphatic rings. The van der Waals surface area contributed by atoms with Crippen LogP contribution < -0.4 is 0 Å². The highest BCUT2D eigenvalue weighted by Gasteiger charge is 2.32. The fourth-order valence-corrected chi connectivity index (χ4v) is 2.66. The summed E-state index contributed by atoms with van der Waals surface area (Å²) in [7, 11) is 0. The smallest absolute Gasteiger partial charge is 0.227 e. The molecule has 2 heteroatoms. The van der Waals surface area contributed by atoms with E-state index in [4.69, 9.17) is 0 Å². The number of hydrogen-bond donors (Lipinski definition) is 0. The Morgan fingerprint density at radius 3 is 2.38 bits per heavy atom. The molecule has 3 rings (SSSR count). The van der Waals surface area contributed by atoms with Gasteiger partial charge in [-0.2, -0.15) is 0 Å². The van der Waals surface area contributed by atoms with Gasteiger partial charge in [0.15, 0.2) is 0 Å². The zero-order valence-corrected chi connectivity index (χ0v) is 12.5. The van der Waals surface area contributed by atoms with E-state index in [-0.39, 0.29) is 5.91 Å². The predicted octanol–water partition coefficient (Wildman–Crippen LogP) is 3.73. The lowest BCUT2D eigenvalue weighted by atomic mass is 10.0. The SMILES string of the molecule is Cc1ccccc1CC(=O)N(Cc1ccccc1)C1CC1. The van der Waals surface area contributed by atoms with Crippen LogP contribution in [0.2, 0.25) is 0 Å². The maximum Gasteiger partial charge on any atom is 0.227 e. The molecule has 1 amide bonds. The minimum atomic E-state index is 0.246. The Labute approximate surface area is 126 Å². The van der Waals surface area contributed by atoms with Crippen molar-refractivity contribution in [3.8, 4) is 0 Å². The van der Waals surface area contributed by atoms with E-state index in [1.165, 1.54) is 11.1 Å². The van der Waals surface area contributed by atoms with Gasteiger partial charge in [-0.1, -0.05) is 54.6 Å². The normalized spacial score (nSPS) is 14.0. The molecular formula is C19H21NO. The third-order valence-corrected chi connectivity index (χ3v) is 4.11. The van der Waals surface area contributed by atoms with Crippen LogP contribution in [0.1, 0.15) is 29.5 Å². The molecule has 0 radical (unpaired) electrons. The zero-order chi connectivity index (χ0) is 14.7. The lowest BCUT2D eigenvalue weighted by molar-refractivity contribution is -0.131. The predicted molar refractivity (Wildman–Crippen MR) is 84.9 cm³/mol. The Kier molecular flexibility index (Phi) is 4.05. The average molecular weight is 279 g/mol. The highest BCUT2D eigenvalue weighted by Crippen LogP contribution is 2.29. The molecule has 1 fully saturated rings. The van der Waals surface area contributed by atoms with E-state index in [0.29, 0.717) is 12.5 Å². The molecule has 2 aromatic carbocycles. The summed E-state index contributed by atoms with van der Waals surface area (Å²) < 4.78 is 0. The molecular weight excluding hydrogens is 258 g/mol. The fourth-order valence-electron chi connectivity index (χ4n) is 2.66. The molecule has 1 aliphatic carbocycles. The van der Waals surface area contributed by atoms with Crippen molar-refractivity contribution in [2.24, 2.45) is 0 Å². The monoisotopic (exact) mass is 279 g/mol. The Bertz CT molecular complexity index is 616. The van der Waals surface area contributed by atoms with E-state index in [1.807, 2.05) is 30.3 Å². The van der Waals surface area contributed by atoms with Gasteiger partial charge < -0.3 is 4.90 Å². The summed E-state index contributed by atoms with van der Waals surface area (Å²) in [4.78, 5) is 14.7. The molecule has 2 nitrogen and oxygen atoms in total. The summed E-state index contributed by atoms with van der Waals surface area (Å²) in [5, 5.41) is 0. The fraction of sp³-hybridized carbons (Fsp3) is 0.316. The van der Waals surface area contributed by atoms with Crippen molar-refractivity contribution in [2.45, 2.75) is 38.8 Å². The third kappa shape index (κ3) is 3.52. The van der Waals surface area contributed by atoms with Gasteiger partial charge in [-0.05, 0) is 36.5 Å². The summed E-state index contributed by atoms with van der Waals surface area (Å²) in [5.74, 6) is 0.246. The number of carbonyl (C=O) groups is 1. The van der Waals surface area contributed by atoms with Crippen molar-refractivity contribution in [1.82, 2.24) is 4.90 Å². The van der Waals surface area contributed by atoms with Gasteiger partial charge in [0.1, 0.15) is 0 Å². The maximum absolute atomic E-state index is 12.7. The van der Waals surface area contributed by atoms with Gasteiger partial charge in [-0.25, -0.2) is 0 Å². The molecule has 0 aromatic heterocycles. The molecule has 0 atom stereocenters. The second kappa shape index (κ2) is 6.13. The van der Waals surface area contributed by atoms with Crippen LogP contribution in [0.5, 0.6) is 0 Å². The Morgan fingerprint density at radius 2 is 1.71 bits per heavy atom. The molecule has 2 aromatic rings. The molecule has 0 unspecified atom stereocenters. The number of carbonyl (C=O) groups excluding carboxylic acids is 1.